The molecular weight excluding hydrogens is 190 g/mol. The van der Waals surface area contributed by atoms with E-state index < -0.39 is 6.10 Å². The summed E-state index contributed by atoms with van der Waals surface area (Å²) in [5, 5.41) is 19.6. The molecule has 0 amide bonds. The highest BCUT2D eigenvalue weighted by Crippen LogP contribution is 2.26. The number of nitrogens with zero attached hydrogens (tertiary/aromatic N) is 1. The van der Waals surface area contributed by atoms with Crippen molar-refractivity contribution in [3.63, 3.8) is 0 Å². The summed E-state index contributed by atoms with van der Waals surface area (Å²) in [6, 6.07) is 7.79. The molecule has 0 radical (unpaired) electrons. The lowest BCUT2D eigenvalue weighted by Gasteiger charge is -2.09. The van der Waals surface area contributed by atoms with Crippen LogP contribution < -0.4 is 0 Å². The average Bonchev–Trinajstić information content (AvgIpc) is 2.54. The van der Waals surface area contributed by atoms with Gasteiger partial charge in [-0.15, -0.1) is 0 Å². The van der Waals surface area contributed by atoms with Gasteiger partial charge in [0, 0.05) is 23.6 Å². The van der Waals surface area contributed by atoms with Crippen LogP contribution in [0.1, 0.15) is 17.4 Å². The smallest absolute Gasteiger partial charge is 0.103 e. The molecule has 1 atom stereocenters. The van der Waals surface area contributed by atoms with Crippen LogP contribution in [0.2, 0.25) is 0 Å². The zero-order valence-electron chi connectivity index (χ0n) is 8.94. The van der Waals surface area contributed by atoms with Crippen molar-refractivity contribution < 1.29 is 10.2 Å². The minimum atomic E-state index is -0.796. The predicted octanol–water partition coefficient (Wildman–Crippen LogP) is 1.51. The fourth-order valence-corrected chi connectivity index (χ4v) is 1.90. The molecule has 0 bridgehead atoms. The average molecular weight is 205 g/mol. The van der Waals surface area contributed by atoms with Crippen molar-refractivity contribution in [2.24, 2.45) is 7.05 Å². The minimum absolute atomic E-state index is 0.243. The molecule has 3 heteroatoms. The van der Waals surface area contributed by atoms with Crippen LogP contribution in [0.25, 0.3) is 10.9 Å². The van der Waals surface area contributed by atoms with Crippen molar-refractivity contribution >= 4 is 10.9 Å². The van der Waals surface area contributed by atoms with E-state index >= 15 is 0 Å². The van der Waals surface area contributed by atoms with Gasteiger partial charge in [-0.05, 0) is 24.6 Å². The number of hydrogen-bond acceptors (Lipinski definition) is 2. The van der Waals surface area contributed by atoms with Crippen LogP contribution in [0, 0.1) is 6.92 Å². The fourth-order valence-electron chi connectivity index (χ4n) is 1.90. The van der Waals surface area contributed by atoms with Crippen molar-refractivity contribution in [3.8, 4) is 0 Å². The molecule has 3 nitrogen and oxygen atoms in total. The van der Waals surface area contributed by atoms with Crippen LogP contribution in [-0.4, -0.2) is 21.4 Å². The topological polar surface area (TPSA) is 45.4 Å². The van der Waals surface area contributed by atoms with Crippen molar-refractivity contribution in [2.75, 3.05) is 6.61 Å². The number of aromatic nitrogens is 1. The van der Waals surface area contributed by atoms with E-state index in [2.05, 4.69) is 4.57 Å². The standard InChI is InChI=1S/C12H15NO2/c1-8-6-10-9(12(15)7-14)4-3-5-11(10)13(8)2/h3-6,12,14-15H,7H2,1-2H3/t12-/m1/s1. The van der Waals surface area contributed by atoms with Crippen molar-refractivity contribution in [1.29, 1.82) is 0 Å². The third-order valence-corrected chi connectivity index (χ3v) is 2.89. The predicted molar refractivity (Wildman–Crippen MR) is 59.7 cm³/mol. The molecule has 15 heavy (non-hydrogen) atoms. The van der Waals surface area contributed by atoms with E-state index in [1.165, 1.54) is 0 Å². The van der Waals surface area contributed by atoms with Crippen molar-refractivity contribution in [1.82, 2.24) is 4.57 Å². The third kappa shape index (κ3) is 1.54. The normalized spacial score (nSPS) is 13.3. The van der Waals surface area contributed by atoms with Gasteiger partial charge >= 0.3 is 0 Å². The first-order valence-corrected chi connectivity index (χ1v) is 4.99. The molecule has 0 saturated carbocycles. The van der Waals surface area contributed by atoms with Gasteiger partial charge in [0.2, 0.25) is 0 Å². The summed E-state index contributed by atoms with van der Waals surface area (Å²) in [5.41, 5.74) is 3.01. The van der Waals surface area contributed by atoms with Crippen LogP contribution in [0.3, 0.4) is 0 Å². The molecular formula is C12H15NO2. The molecule has 0 fully saturated rings. The number of hydrogen-bond donors (Lipinski definition) is 2. The molecule has 0 saturated heterocycles. The number of benzene rings is 1. The first-order chi connectivity index (χ1) is 7.15. The summed E-state index contributed by atoms with van der Waals surface area (Å²) in [5.74, 6) is 0. The van der Waals surface area contributed by atoms with Gasteiger partial charge in [0.25, 0.3) is 0 Å². The van der Waals surface area contributed by atoms with Crippen LogP contribution >= 0.6 is 0 Å². The molecule has 0 aliphatic heterocycles. The summed E-state index contributed by atoms with van der Waals surface area (Å²) in [6.45, 7) is 1.78. The van der Waals surface area contributed by atoms with Gasteiger partial charge in [0.15, 0.2) is 0 Å². The molecule has 1 heterocycles. The Kier molecular flexibility index (Phi) is 2.50. The Hall–Kier alpha value is -1.32. The summed E-state index contributed by atoms with van der Waals surface area (Å²) >= 11 is 0. The van der Waals surface area contributed by atoms with E-state index in [1.807, 2.05) is 38.2 Å². The maximum atomic E-state index is 9.67. The number of aliphatic hydroxyl groups excluding tert-OH is 2. The lowest BCUT2D eigenvalue weighted by Crippen LogP contribution is -2.02. The Balaban J connectivity index is 2.71. The number of aryl methyl sites for hydroxylation is 2. The molecule has 0 aliphatic carbocycles. The van der Waals surface area contributed by atoms with Crippen LogP contribution in [0.4, 0.5) is 0 Å². The Bertz CT molecular complexity index is 488. The van der Waals surface area contributed by atoms with Gasteiger partial charge in [0.1, 0.15) is 6.10 Å². The van der Waals surface area contributed by atoms with Crippen molar-refractivity contribution in [2.45, 2.75) is 13.0 Å². The largest absolute Gasteiger partial charge is 0.393 e. The van der Waals surface area contributed by atoms with E-state index in [0.29, 0.717) is 0 Å². The molecule has 2 N–H and O–H groups in total. The van der Waals surface area contributed by atoms with Crippen molar-refractivity contribution in [3.05, 3.63) is 35.5 Å². The molecule has 2 aromatic rings. The third-order valence-electron chi connectivity index (χ3n) is 2.89. The Morgan fingerprint density at radius 2 is 2.13 bits per heavy atom. The highest BCUT2D eigenvalue weighted by atomic mass is 16.3. The van der Waals surface area contributed by atoms with Gasteiger partial charge in [-0.3, -0.25) is 0 Å². The second-order valence-corrected chi connectivity index (χ2v) is 3.82. The highest BCUT2D eigenvalue weighted by molar-refractivity contribution is 5.85. The van der Waals surface area contributed by atoms with Gasteiger partial charge in [-0.1, -0.05) is 12.1 Å². The lowest BCUT2D eigenvalue weighted by molar-refractivity contribution is 0.0967. The SMILES string of the molecule is Cc1cc2c([C@H](O)CO)cccc2n1C. The van der Waals surface area contributed by atoms with Crippen LogP contribution in [0.5, 0.6) is 0 Å². The monoisotopic (exact) mass is 205 g/mol. The molecule has 0 unspecified atom stereocenters. The number of aliphatic hydroxyl groups is 2. The quantitative estimate of drug-likeness (QED) is 0.780. The van der Waals surface area contributed by atoms with Gasteiger partial charge in [-0.2, -0.15) is 0 Å². The van der Waals surface area contributed by atoms with E-state index in [4.69, 9.17) is 5.11 Å². The first-order valence-electron chi connectivity index (χ1n) is 4.99. The van der Waals surface area contributed by atoms with Crippen LogP contribution in [0.15, 0.2) is 24.3 Å². The zero-order valence-corrected chi connectivity index (χ0v) is 8.94. The summed E-state index contributed by atoms with van der Waals surface area (Å²) in [7, 11) is 1.99. The molecule has 80 valence electrons. The maximum absolute atomic E-state index is 9.67. The zero-order chi connectivity index (χ0) is 11.0. The Morgan fingerprint density at radius 1 is 1.40 bits per heavy atom. The van der Waals surface area contributed by atoms with E-state index in [1.54, 1.807) is 0 Å². The number of fused-ring (bicyclic) bond motifs is 1. The lowest BCUT2D eigenvalue weighted by atomic mass is 10.1. The fraction of sp³-hybridized carbons (Fsp3) is 0.333. The van der Waals surface area contributed by atoms with Gasteiger partial charge in [-0.25, -0.2) is 0 Å². The highest BCUT2D eigenvalue weighted by Gasteiger charge is 2.12. The summed E-state index contributed by atoms with van der Waals surface area (Å²) in [6.07, 6.45) is -0.796. The molecule has 1 aromatic carbocycles. The second kappa shape index (κ2) is 3.68. The van der Waals surface area contributed by atoms with E-state index in [0.717, 1.165) is 22.2 Å². The van der Waals surface area contributed by atoms with E-state index in [-0.39, 0.29) is 6.61 Å². The summed E-state index contributed by atoms with van der Waals surface area (Å²) < 4.78 is 2.07. The maximum Gasteiger partial charge on any atom is 0.103 e. The molecule has 2 rings (SSSR count). The molecule has 0 spiro atoms. The molecule has 0 aliphatic rings. The Labute approximate surface area is 88.6 Å². The summed E-state index contributed by atoms with van der Waals surface area (Å²) in [4.78, 5) is 0. The minimum Gasteiger partial charge on any atom is -0.393 e. The first kappa shape index (κ1) is 10.2. The van der Waals surface area contributed by atoms with E-state index in [9.17, 15) is 5.11 Å². The molecule has 1 aromatic heterocycles. The van der Waals surface area contributed by atoms with Crippen LogP contribution in [-0.2, 0) is 7.05 Å². The van der Waals surface area contributed by atoms with Gasteiger partial charge in [0.05, 0.1) is 6.61 Å². The van der Waals surface area contributed by atoms with Gasteiger partial charge < -0.3 is 14.8 Å². The Morgan fingerprint density at radius 3 is 2.80 bits per heavy atom. The number of rotatable bonds is 2. The second-order valence-electron chi connectivity index (χ2n) is 3.82.